The fraction of sp³-hybridized carbons (Fsp3) is 0.417. The van der Waals surface area contributed by atoms with E-state index in [2.05, 4.69) is 30.8 Å². The van der Waals surface area contributed by atoms with Gasteiger partial charge in [-0.25, -0.2) is 0 Å². The zero-order valence-corrected chi connectivity index (χ0v) is 17.9. The minimum absolute atomic E-state index is 0.198. The fourth-order valence-electron chi connectivity index (χ4n) is 3.64. The normalized spacial score (nSPS) is 15.3. The van der Waals surface area contributed by atoms with Crippen molar-refractivity contribution in [2.75, 3.05) is 13.7 Å². The maximum Gasteiger partial charge on any atom is 0.269 e. The molecule has 2 amide bonds. The van der Waals surface area contributed by atoms with Crippen LogP contribution in [0.25, 0.3) is 0 Å². The molecule has 2 aromatic rings. The van der Waals surface area contributed by atoms with Gasteiger partial charge >= 0.3 is 0 Å². The predicted molar refractivity (Wildman–Crippen MR) is 116 cm³/mol. The third kappa shape index (κ3) is 5.32. The summed E-state index contributed by atoms with van der Waals surface area (Å²) in [5.41, 5.74) is 7.73. The first-order valence-corrected chi connectivity index (χ1v) is 10.5. The lowest BCUT2D eigenvalue weighted by Gasteiger charge is -2.24. The van der Waals surface area contributed by atoms with Gasteiger partial charge in [-0.05, 0) is 60.9 Å². The molecule has 0 fully saturated rings. The number of aryl methyl sites for hydroxylation is 1. The highest BCUT2D eigenvalue weighted by Gasteiger charge is 2.26. The van der Waals surface area contributed by atoms with E-state index < -0.39 is 5.91 Å². The number of rotatable bonds is 7. The third-order valence-corrected chi connectivity index (χ3v) is 5.36. The lowest BCUT2D eigenvalue weighted by molar-refractivity contribution is -0.123. The van der Waals surface area contributed by atoms with Crippen molar-refractivity contribution in [3.63, 3.8) is 0 Å². The molecule has 0 aliphatic heterocycles. The number of hydrazine groups is 1. The van der Waals surface area contributed by atoms with Gasteiger partial charge in [0.1, 0.15) is 0 Å². The van der Waals surface area contributed by atoms with Crippen LogP contribution in [-0.2, 0) is 11.2 Å². The number of carbonyl (C=O) groups is 2. The second-order valence-electron chi connectivity index (χ2n) is 7.98. The van der Waals surface area contributed by atoms with Crippen LogP contribution in [0.3, 0.4) is 0 Å². The van der Waals surface area contributed by atoms with Gasteiger partial charge in [-0.3, -0.25) is 20.4 Å². The Hall–Kier alpha value is -3.02. The number of ether oxygens (including phenoxy) is 2. The van der Waals surface area contributed by atoms with Gasteiger partial charge in [-0.2, -0.15) is 0 Å². The summed E-state index contributed by atoms with van der Waals surface area (Å²) >= 11 is 0. The Kier molecular flexibility index (Phi) is 7.33. The maximum atomic E-state index is 12.7. The standard InChI is InChI=1S/C24H30N2O4/c1-16(2)13-14-30-21-12-11-18(15-22(21)29-3)23(27)25-26-24(28)20-10-6-8-17-7-4-5-9-19(17)20/h4-5,7,9,11-12,15-16,20H,6,8,10,13-14H2,1-3H3,(H,25,27)(H,26,28)/t20-/m1/s1. The van der Waals surface area contributed by atoms with Gasteiger partial charge in [-0.15, -0.1) is 0 Å². The number of methoxy groups -OCH3 is 1. The van der Waals surface area contributed by atoms with Crippen LogP contribution in [0, 0.1) is 5.92 Å². The van der Waals surface area contributed by atoms with Crippen LogP contribution in [0.4, 0.5) is 0 Å². The Morgan fingerprint density at radius 1 is 1.10 bits per heavy atom. The molecule has 0 saturated heterocycles. The van der Waals surface area contributed by atoms with Crippen molar-refractivity contribution < 1.29 is 19.1 Å². The molecular weight excluding hydrogens is 380 g/mol. The molecule has 0 unspecified atom stereocenters. The summed E-state index contributed by atoms with van der Waals surface area (Å²) in [7, 11) is 1.54. The molecule has 0 radical (unpaired) electrons. The van der Waals surface area contributed by atoms with E-state index >= 15 is 0 Å². The fourth-order valence-corrected chi connectivity index (χ4v) is 3.64. The monoisotopic (exact) mass is 410 g/mol. The van der Waals surface area contributed by atoms with Crippen molar-refractivity contribution >= 4 is 11.8 Å². The van der Waals surface area contributed by atoms with Gasteiger partial charge < -0.3 is 9.47 Å². The molecular formula is C24H30N2O4. The van der Waals surface area contributed by atoms with Crippen molar-refractivity contribution in [2.45, 2.75) is 45.4 Å². The molecule has 0 spiro atoms. The molecule has 6 heteroatoms. The quantitative estimate of drug-likeness (QED) is 0.677. The van der Waals surface area contributed by atoms with E-state index in [9.17, 15) is 9.59 Å². The van der Waals surface area contributed by atoms with E-state index in [1.165, 1.54) is 12.7 Å². The largest absolute Gasteiger partial charge is 0.493 e. The summed E-state index contributed by atoms with van der Waals surface area (Å²) in [4.78, 5) is 25.2. The third-order valence-electron chi connectivity index (χ3n) is 5.36. The Labute approximate surface area is 177 Å². The smallest absolute Gasteiger partial charge is 0.269 e. The molecule has 3 rings (SSSR count). The molecule has 0 saturated carbocycles. The molecule has 1 aliphatic rings. The summed E-state index contributed by atoms with van der Waals surface area (Å²) < 4.78 is 11.1. The maximum absolute atomic E-state index is 12.7. The minimum atomic E-state index is -0.403. The van der Waals surface area contributed by atoms with Gasteiger partial charge in [0.05, 0.1) is 19.6 Å². The highest BCUT2D eigenvalue weighted by molar-refractivity contribution is 5.96. The molecule has 1 aliphatic carbocycles. The van der Waals surface area contributed by atoms with Crippen LogP contribution < -0.4 is 20.3 Å². The van der Waals surface area contributed by atoms with E-state index in [-0.39, 0.29) is 11.8 Å². The Balaban J connectivity index is 1.60. The van der Waals surface area contributed by atoms with Crippen LogP contribution in [0.5, 0.6) is 11.5 Å². The molecule has 2 aromatic carbocycles. The van der Waals surface area contributed by atoms with Gasteiger partial charge in [0, 0.05) is 5.56 Å². The summed E-state index contributed by atoms with van der Waals surface area (Å²) in [6, 6.07) is 13.0. The zero-order chi connectivity index (χ0) is 21.5. The number of amides is 2. The topological polar surface area (TPSA) is 76.7 Å². The SMILES string of the molecule is COc1cc(C(=O)NNC(=O)[C@@H]2CCCc3ccccc32)ccc1OCCC(C)C. The van der Waals surface area contributed by atoms with Crippen molar-refractivity contribution in [3.05, 3.63) is 59.2 Å². The first-order valence-electron chi connectivity index (χ1n) is 10.5. The average Bonchev–Trinajstić information content (AvgIpc) is 2.76. The van der Waals surface area contributed by atoms with Crippen molar-refractivity contribution in [2.24, 2.45) is 5.92 Å². The lowest BCUT2D eigenvalue weighted by Crippen LogP contribution is -2.44. The molecule has 0 bridgehead atoms. The molecule has 0 aromatic heterocycles. The van der Waals surface area contributed by atoms with Gasteiger partial charge in [0.25, 0.3) is 5.91 Å². The number of nitrogens with one attached hydrogen (secondary N) is 2. The Morgan fingerprint density at radius 3 is 2.67 bits per heavy atom. The number of fused-ring (bicyclic) bond motifs is 1. The van der Waals surface area contributed by atoms with Crippen molar-refractivity contribution in [1.29, 1.82) is 0 Å². The van der Waals surface area contributed by atoms with Crippen LogP contribution >= 0.6 is 0 Å². The number of hydrogen-bond acceptors (Lipinski definition) is 4. The molecule has 2 N–H and O–H groups in total. The Morgan fingerprint density at radius 2 is 1.90 bits per heavy atom. The highest BCUT2D eigenvalue weighted by Crippen LogP contribution is 2.31. The number of benzene rings is 2. The number of hydrogen-bond donors (Lipinski definition) is 2. The van der Waals surface area contributed by atoms with E-state index in [0.29, 0.717) is 29.6 Å². The van der Waals surface area contributed by atoms with E-state index in [1.807, 2.05) is 18.2 Å². The average molecular weight is 411 g/mol. The first-order chi connectivity index (χ1) is 14.5. The molecule has 30 heavy (non-hydrogen) atoms. The summed E-state index contributed by atoms with van der Waals surface area (Å²) in [5, 5.41) is 0. The summed E-state index contributed by atoms with van der Waals surface area (Å²) in [5.74, 6) is 0.773. The predicted octanol–water partition coefficient (Wildman–Crippen LogP) is 4.00. The Bertz CT molecular complexity index is 895. The zero-order valence-electron chi connectivity index (χ0n) is 17.9. The highest BCUT2D eigenvalue weighted by atomic mass is 16.5. The number of carbonyl (C=O) groups excluding carboxylic acids is 2. The minimum Gasteiger partial charge on any atom is -0.493 e. The second-order valence-corrected chi connectivity index (χ2v) is 7.98. The van der Waals surface area contributed by atoms with Crippen LogP contribution in [0.15, 0.2) is 42.5 Å². The van der Waals surface area contributed by atoms with E-state index in [4.69, 9.17) is 9.47 Å². The lowest BCUT2D eigenvalue weighted by atomic mass is 9.82. The van der Waals surface area contributed by atoms with Crippen LogP contribution in [0.2, 0.25) is 0 Å². The van der Waals surface area contributed by atoms with Crippen LogP contribution in [-0.4, -0.2) is 25.5 Å². The van der Waals surface area contributed by atoms with Crippen molar-refractivity contribution in [3.8, 4) is 11.5 Å². The van der Waals surface area contributed by atoms with Gasteiger partial charge in [0.2, 0.25) is 5.91 Å². The van der Waals surface area contributed by atoms with Crippen molar-refractivity contribution in [1.82, 2.24) is 10.9 Å². The molecule has 0 heterocycles. The van der Waals surface area contributed by atoms with Gasteiger partial charge in [-0.1, -0.05) is 38.1 Å². The van der Waals surface area contributed by atoms with E-state index in [0.717, 1.165) is 31.2 Å². The first kappa shape index (κ1) is 21.7. The molecule has 1 atom stereocenters. The summed E-state index contributed by atoms with van der Waals surface area (Å²) in [6.07, 6.45) is 3.65. The van der Waals surface area contributed by atoms with Gasteiger partial charge in [0.15, 0.2) is 11.5 Å². The summed E-state index contributed by atoms with van der Waals surface area (Å²) in [6.45, 7) is 4.85. The molecule has 160 valence electrons. The molecule has 6 nitrogen and oxygen atoms in total. The second kappa shape index (κ2) is 10.1. The van der Waals surface area contributed by atoms with E-state index in [1.54, 1.807) is 18.2 Å². The van der Waals surface area contributed by atoms with Crippen LogP contribution in [0.1, 0.15) is 60.5 Å².